The predicted molar refractivity (Wildman–Crippen MR) is 68.9 cm³/mol. The van der Waals surface area contributed by atoms with Gasteiger partial charge in [0.1, 0.15) is 0 Å². The van der Waals surface area contributed by atoms with Crippen molar-refractivity contribution in [3.63, 3.8) is 0 Å². The van der Waals surface area contributed by atoms with Crippen LogP contribution in [0.25, 0.3) is 0 Å². The summed E-state index contributed by atoms with van der Waals surface area (Å²) < 4.78 is 5.48. The average molecular weight is 231 g/mol. The third-order valence-corrected chi connectivity index (χ3v) is 4.76. The molecular formula is C15H21NO. The topological polar surface area (TPSA) is 21.3 Å². The maximum atomic E-state index is 5.48. The first-order valence-electron chi connectivity index (χ1n) is 6.49. The van der Waals surface area contributed by atoms with Gasteiger partial charge in [0, 0.05) is 6.04 Å². The van der Waals surface area contributed by atoms with Crippen molar-refractivity contribution in [2.45, 2.75) is 45.4 Å². The molecule has 2 heteroatoms. The molecule has 1 heterocycles. The predicted octanol–water partition coefficient (Wildman–Crippen LogP) is 2.82. The van der Waals surface area contributed by atoms with Crippen LogP contribution >= 0.6 is 0 Å². The summed E-state index contributed by atoms with van der Waals surface area (Å²) in [5.74, 6) is 0.686. The second-order valence-corrected chi connectivity index (χ2v) is 5.97. The van der Waals surface area contributed by atoms with Gasteiger partial charge in [-0.2, -0.15) is 0 Å². The van der Waals surface area contributed by atoms with Crippen molar-refractivity contribution < 1.29 is 4.74 Å². The van der Waals surface area contributed by atoms with E-state index in [-0.39, 0.29) is 0 Å². The molecule has 92 valence electrons. The van der Waals surface area contributed by atoms with Crippen LogP contribution in [0.4, 0.5) is 0 Å². The van der Waals surface area contributed by atoms with Gasteiger partial charge in [0.25, 0.3) is 0 Å². The van der Waals surface area contributed by atoms with Gasteiger partial charge in [-0.1, -0.05) is 32.0 Å². The maximum absolute atomic E-state index is 5.48. The van der Waals surface area contributed by atoms with Crippen LogP contribution in [0.2, 0.25) is 0 Å². The molecule has 2 atom stereocenters. The monoisotopic (exact) mass is 231 g/mol. The van der Waals surface area contributed by atoms with Gasteiger partial charge >= 0.3 is 0 Å². The van der Waals surface area contributed by atoms with Gasteiger partial charge < -0.3 is 10.1 Å². The standard InChI is InChI=1S/C15H21NO/c1-15(2)13(7-14(15)16-3)10-4-5-11-8-17-9-12(11)6-10/h4-6,13-14,16H,7-9H2,1-3H3. The maximum Gasteiger partial charge on any atom is 0.0725 e. The van der Waals surface area contributed by atoms with Gasteiger partial charge in [0.2, 0.25) is 0 Å². The second-order valence-electron chi connectivity index (χ2n) is 5.97. The minimum atomic E-state index is 0.364. The SMILES string of the molecule is CNC1CC(c2ccc3c(c2)COC3)C1(C)C. The van der Waals surface area contributed by atoms with Gasteiger partial charge in [-0.15, -0.1) is 0 Å². The Balaban J connectivity index is 1.87. The molecule has 0 saturated heterocycles. The van der Waals surface area contributed by atoms with Crippen molar-refractivity contribution >= 4 is 0 Å². The van der Waals surface area contributed by atoms with Crippen LogP contribution < -0.4 is 5.32 Å². The highest BCUT2D eigenvalue weighted by Crippen LogP contribution is 2.52. The summed E-state index contributed by atoms with van der Waals surface area (Å²) in [5, 5.41) is 3.42. The Labute approximate surface area is 103 Å². The summed E-state index contributed by atoms with van der Waals surface area (Å²) in [5.41, 5.74) is 4.62. The summed E-state index contributed by atoms with van der Waals surface area (Å²) in [6, 6.07) is 7.56. The molecule has 1 aromatic carbocycles. The average Bonchev–Trinajstić information content (AvgIpc) is 2.75. The van der Waals surface area contributed by atoms with E-state index in [1.54, 1.807) is 0 Å². The minimum Gasteiger partial charge on any atom is -0.372 e. The second kappa shape index (κ2) is 3.82. The number of rotatable bonds is 2. The smallest absolute Gasteiger partial charge is 0.0725 e. The molecule has 1 N–H and O–H groups in total. The molecule has 0 bridgehead atoms. The molecule has 1 aromatic rings. The van der Waals surface area contributed by atoms with Crippen LogP contribution in [0.1, 0.15) is 42.9 Å². The first kappa shape index (κ1) is 11.2. The first-order chi connectivity index (χ1) is 8.13. The number of fused-ring (bicyclic) bond motifs is 1. The molecule has 1 fully saturated rings. The first-order valence-corrected chi connectivity index (χ1v) is 6.49. The van der Waals surface area contributed by atoms with Gasteiger partial charge in [0.15, 0.2) is 0 Å². The number of hydrogen-bond donors (Lipinski definition) is 1. The Bertz CT molecular complexity index is 439. The summed E-state index contributed by atoms with van der Waals surface area (Å²) in [6.07, 6.45) is 1.25. The Morgan fingerprint density at radius 1 is 1.24 bits per heavy atom. The lowest BCUT2D eigenvalue weighted by molar-refractivity contribution is 0.0750. The summed E-state index contributed by atoms with van der Waals surface area (Å²) >= 11 is 0. The van der Waals surface area contributed by atoms with E-state index in [1.165, 1.54) is 23.1 Å². The molecule has 0 radical (unpaired) electrons. The number of nitrogens with one attached hydrogen (secondary N) is 1. The van der Waals surface area contributed by atoms with Gasteiger partial charge in [0.05, 0.1) is 13.2 Å². The quantitative estimate of drug-likeness (QED) is 0.845. The normalized spacial score (nSPS) is 29.8. The highest BCUT2D eigenvalue weighted by Gasteiger charge is 2.47. The minimum absolute atomic E-state index is 0.364. The lowest BCUT2D eigenvalue weighted by Crippen LogP contribution is -2.54. The molecule has 0 aromatic heterocycles. The highest BCUT2D eigenvalue weighted by atomic mass is 16.5. The molecule has 3 rings (SSSR count). The Morgan fingerprint density at radius 2 is 2.00 bits per heavy atom. The molecule has 2 aliphatic rings. The van der Waals surface area contributed by atoms with Crippen molar-refractivity contribution in [2.24, 2.45) is 5.41 Å². The van der Waals surface area contributed by atoms with E-state index in [0.717, 1.165) is 13.2 Å². The van der Waals surface area contributed by atoms with E-state index >= 15 is 0 Å². The van der Waals surface area contributed by atoms with Crippen molar-refractivity contribution in [3.8, 4) is 0 Å². The van der Waals surface area contributed by atoms with Gasteiger partial charge in [-0.3, -0.25) is 0 Å². The third kappa shape index (κ3) is 1.62. The molecule has 0 amide bonds. The highest BCUT2D eigenvalue weighted by molar-refractivity contribution is 5.37. The van der Waals surface area contributed by atoms with Crippen LogP contribution in [0.3, 0.4) is 0 Å². The largest absolute Gasteiger partial charge is 0.372 e. The zero-order valence-electron chi connectivity index (χ0n) is 10.9. The Kier molecular flexibility index (Phi) is 2.53. The van der Waals surface area contributed by atoms with E-state index < -0.39 is 0 Å². The fraction of sp³-hybridized carbons (Fsp3) is 0.600. The van der Waals surface area contributed by atoms with Crippen molar-refractivity contribution in [3.05, 3.63) is 34.9 Å². The zero-order valence-corrected chi connectivity index (χ0v) is 10.9. The van der Waals surface area contributed by atoms with E-state index in [1.807, 2.05) is 0 Å². The molecule has 2 unspecified atom stereocenters. The lowest BCUT2D eigenvalue weighted by atomic mass is 9.56. The zero-order chi connectivity index (χ0) is 12.0. The molecule has 1 saturated carbocycles. The molecule has 2 nitrogen and oxygen atoms in total. The van der Waals surface area contributed by atoms with Crippen LogP contribution in [0.15, 0.2) is 18.2 Å². The molecular weight excluding hydrogens is 210 g/mol. The summed E-state index contributed by atoms with van der Waals surface area (Å²) in [7, 11) is 2.07. The summed E-state index contributed by atoms with van der Waals surface area (Å²) in [4.78, 5) is 0. The number of hydrogen-bond acceptors (Lipinski definition) is 2. The molecule has 1 aliphatic carbocycles. The Hall–Kier alpha value is -0.860. The third-order valence-electron chi connectivity index (χ3n) is 4.76. The van der Waals surface area contributed by atoms with Crippen molar-refractivity contribution in [1.82, 2.24) is 5.32 Å². The van der Waals surface area contributed by atoms with Crippen LogP contribution in [-0.2, 0) is 18.0 Å². The molecule has 1 aliphatic heterocycles. The number of ether oxygens (including phenoxy) is 1. The molecule has 0 spiro atoms. The molecule has 17 heavy (non-hydrogen) atoms. The van der Waals surface area contributed by atoms with E-state index in [9.17, 15) is 0 Å². The Morgan fingerprint density at radius 3 is 2.71 bits per heavy atom. The fourth-order valence-corrected chi connectivity index (χ4v) is 3.39. The van der Waals surface area contributed by atoms with Crippen molar-refractivity contribution in [1.29, 1.82) is 0 Å². The number of benzene rings is 1. The van der Waals surface area contributed by atoms with E-state index in [2.05, 4.69) is 44.4 Å². The van der Waals surface area contributed by atoms with Crippen LogP contribution in [0, 0.1) is 5.41 Å². The summed E-state index contributed by atoms with van der Waals surface area (Å²) in [6.45, 7) is 6.33. The fourth-order valence-electron chi connectivity index (χ4n) is 3.39. The van der Waals surface area contributed by atoms with Gasteiger partial charge in [-0.05, 0) is 41.5 Å². The lowest BCUT2D eigenvalue weighted by Gasteiger charge is -2.52. The van der Waals surface area contributed by atoms with Crippen LogP contribution in [-0.4, -0.2) is 13.1 Å². The van der Waals surface area contributed by atoms with E-state index in [0.29, 0.717) is 17.4 Å². The van der Waals surface area contributed by atoms with Crippen LogP contribution in [0.5, 0.6) is 0 Å². The van der Waals surface area contributed by atoms with E-state index in [4.69, 9.17) is 4.74 Å². The van der Waals surface area contributed by atoms with Crippen molar-refractivity contribution in [2.75, 3.05) is 7.05 Å². The van der Waals surface area contributed by atoms with Gasteiger partial charge in [-0.25, -0.2) is 0 Å².